The normalized spacial score (nSPS) is 23.1. The van der Waals surface area contributed by atoms with Crippen molar-refractivity contribution in [3.63, 3.8) is 0 Å². The smallest absolute Gasteiger partial charge is 0.384 e. The number of amides is 2. The van der Waals surface area contributed by atoms with Crippen LogP contribution in [-0.4, -0.2) is 35.4 Å². The van der Waals surface area contributed by atoms with Crippen molar-refractivity contribution in [2.75, 3.05) is 12.3 Å². The minimum atomic E-state index is -4.41. The Bertz CT molecular complexity index is 1070. The highest BCUT2D eigenvalue weighted by Gasteiger charge is 2.34. The number of aromatic nitrogens is 1. The summed E-state index contributed by atoms with van der Waals surface area (Å²) in [5.74, 6) is -0.401. The highest BCUT2D eigenvalue weighted by molar-refractivity contribution is 5.89. The van der Waals surface area contributed by atoms with E-state index >= 15 is 0 Å². The Morgan fingerprint density at radius 2 is 2.00 bits per heavy atom. The van der Waals surface area contributed by atoms with Gasteiger partial charge in [-0.15, -0.1) is 0 Å². The SMILES string of the molecule is C[C@H](NC(=O)[C@H]1C[C@H](c2cccc(C(F)(F)F)c2)CCN1)C(=O)NC1CCc2nc(N)ccc21. The number of benzene rings is 1. The van der Waals surface area contributed by atoms with Crippen LogP contribution < -0.4 is 21.7 Å². The van der Waals surface area contributed by atoms with Crippen molar-refractivity contribution >= 4 is 17.6 Å². The molecular formula is C24H28F3N5O2. The summed E-state index contributed by atoms with van der Waals surface area (Å²) >= 11 is 0. The number of rotatable bonds is 5. The number of hydrogen-bond acceptors (Lipinski definition) is 5. The van der Waals surface area contributed by atoms with E-state index in [9.17, 15) is 22.8 Å². The number of nitrogen functional groups attached to an aromatic ring is 1. The predicted octanol–water partition coefficient (Wildman–Crippen LogP) is 2.83. The van der Waals surface area contributed by atoms with Gasteiger partial charge in [-0.05, 0) is 68.3 Å². The van der Waals surface area contributed by atoms with Gasteiger partial charge in [-0.2, -0.15) is 13.2 Å². The molecule has 5 N–H and O–H groups in total. The Kier molecular flexibility index (Phi) is 6.79. The van der Waals surface area contributed by atoms with E-state index in [0.717, 1.165) is 29.8 Å². The van der Waals surface area contributed by atoms with Crippen LogP contribution in [0.2, 0.25) is 0 Å². The summed E-state index contributed by atoms with van der Waals surface area (Å²) in [6.07, 6.45) is -2.01. The molecule has 2 aliphatic rings. The van der Waals surface area contributed by atoms with Crippen LogP contribution in [0.15, 0.2) is 36.4 Å². The van der Waals surface area contributed by atoms with E-state index in [2.05, 4.69) is 20.9 Å². The third-order valence-corrected chi connectivity index (χ3v) is 6.55. The topological polar surface area (TPSA) is 109 Å². The average molecular weight is 476 g/mol. The van der Waals surface area contributed by atoms with Crippen LogP contribution in [-0.2, 0) is 22.2 Å². The number of nitrogens with one attached hydrogen (secondary N) is 3. The maximum absolute atomic E-state index is 13.1. The quantitative estimate of drug-likeness (QED) is 0.532. The molecule has 1 saturated heterocycles. The molecule has 10 heteroatoms. The van der Waals surface area contributed by atoms with Crippen molar-refractivity contribution in [2.45, 2.75) is 62.8 Å². The molecule has 1 fully saturated rings. The molecule has 2 aromatic rings. The number of nitrogens with zero attached hydrogens (tertiary/aromatic N) is 1. The van der Waals surface area contributed by atoms with Crippen LogP contribution in [0, 0.1) is 0 Å². The van der Waals surface area contributed by atoms with E-state index in [1.165, 1.54) is 6.07 Å². The average Bonchev–Trinajstić information content (AvgIpc) is 3.20. The molecular weight excluding hydrogens is 447 g/mol. The highest BCUT2D eigenvalue weighted by Crippen LogP contribution is 2.34. The number of piperidine rings is 1. The first-order valence-electron chi connectivity index (χ1n) is 11.4. The molecule has 1 aromatic heterocycles. The third kappa shape index (κ3) is 5.32. The lowest BCUT2D eigenvalue weighted by molar-refractivity contribution is -0.137. The Labute approximate surface area is 195 Å². The first-order chi connectivity index (χ1) is 16.1. The first kappa shape index (κ1) is 24.0. The lowest BCUT2D eigenvalue weighted by Crippen LogP contribution is -2.53. The molecule has 1 unspecified atom stereocenters. The molecule has 4 rings (SSSR count). The predicted molar refractivity (Wildman–Crippen MR) is 121 cm³/mol. The van der Waals surface area contributed by atoms with E-state index in [1.807, 2.05) is 6.07 Å². The molecule has 182 valence electrons. The molecule has 1 aliphatic carbocycles. The molecule has 0 bridgehead atoms. The zero-order valence-electron chi connectivity index (χ0n) is 18.8. The number of alkyl halides is 3. The lowest BCUT2D eigenvalue weighted by atomic mass is 9.85. The van der Waals surface area contributed by atoms with Crippen LogP contribution in [0.5, 0.6) is 0 Å². The molecule has 7 nitrogen and oxygen atoms in total. The van der Waals surface area contributed by atoms with E-state index < -0.39 is 23.8 Å². The van der Waals surface area contributed by atoms with Crippen molar-refractivity contribution in [3.05, 3.63) is 58.8 Å². The summed E-state index contributed by atoms with van der Waals surface area (Å²) in [7, 11) is 0. The van der Waals surface area contributed by atoms with Crippen LogP contribution in [0.4, 0.5) is 19.0 Å². The van der Waals surface area contributed by atoms with E-state index in [-0.39, 0.29) is 23.8 Å². The van der Waals surface area contributed by atoms with Gasteiger partial charge >= 0.3 is 6.18 Å². The number of anilines is 1. The lowest BCUT2D eigenvalue weighted by Gasteiger charge is -2.31. The van der Waals surface area contributed by atoms with Gasteiger partial charge in [0.05, 0.1) is 17.6 Å². The number of nitrogens with two attached hydrogens (primary N) is 1. The molecule has 0 spiro atoms. The molecule has 2 heterocycles. The number of fused-ring (bicyclic) bond motifs is 1. The minimum Gasteiger partial charge on any atom is -0.384 e. The van der Waals surface area contributed by atoms with E-state index in [1.54, 1.807) is 19.1 Å². The van der Waals surface area contributed by atoms with Gasteiger partial charge in [-0.3, -0.25) is 9.59 Å². The van der Waals surface area contributed by atoms with Gasteiger partial charge in [0.2, 0.25) is 11.8 Å². The van der Waals surface area contributed by atoms with Crippen molar-refractivity contribution in [3.8, 4) is 0 Å². The summed E-state index contributed by atoms with van der Waals surface area (Å²) in [5.41, 5.74) is 7.39. The highest BCUT2D eigenvalue weighted by atomic mass is 19.4. The maximum Gasteiger partial charge on any atom is 0.416 e. The van der Waals surface area contributed by atoms with Crippen LogP contribution in [0.25, 0.3) is 0 Å². The zero-order chi connectivity index (χ0) is 24.5. The van der Waals surface area contributed by atoms with Gasteiger partial charge in [0.25, 0.3) is 0 Å². The second-order valence-corrected chi connectivity index (χ2v) is 8.95. The van der Waals surface area contributed by atoms with Gasteiger partial charge in [0.1, 0.15) is 11.9 Å². The third-order valence-electron chi connectivity index (χ3n) is 6.55. The maximum atomic E-state index is 13.1. The number of carbonyl (C=O) groups is 2. The first-order valence-corrected chi connectivity index (χ1v) is 11.4. The number of hydrogen-bond donors (Lipinski definition) is 4. The number of aryl methyl sites for hydroxylation is 1. The Morgan fingerprint density at radius 3 is 2.76 bits per heavy atom. The largest absolute Gasteiger partial charge is 0.416 e. The van der Waals surface area contributed by atoms with Crippen molar-refractivity contribution in [2.24, 2.45) is 0 Å². The van der Waals surface area contributed by atoms with Gasteiger partial charge in [0.15, 0.2) is 0 Å². The van der Waals surface area contributed by atoms with Crippen LogP contribution in [0.3, 0.4) is 0 Å². The molecule has 4 atom stereocenters. The van der Waals surface area contributed by atoms with Gasteiger partial charge in [-0.1, -0.05) is 24.3 Å². The standard InChI is InChI=1S/C24H28F3N5O2/c1-13(22(33)32-19-7-6-18-17(19)5-8-21(28)31-18)30-23(34)20-12-15(9-10-29-20)14-3-2-4-16(11-14)24(25,26)27/h2-5,8,11,13,15,19-20,29H,6-7,9-10,12H2,1H3,(H2,28,31)(H,30,34)(H,32,33)/t13-,15+,19?,20+/m0/s1. The fraction of sp³-hybridized carbons (Fsp3) is 0.458. The van der Waals surface area contributed by atoms with Crippen molar-refractivity contribution < 1.29 is 22.8 Å². The van der Waals surface area contributed by atoms with Crippen molar-refractivity contribution in [1.29, 1.82) is 0 Å². The second-order valence-electron chi connectivity index (χ2n) is 8.95. The Balaban J connectivity index is 1.34. The molecule has 2 amide bonds. The minimum absolute atomic E-state index is 0.182. The van der Waals surface area contributed by atoms with Gasteiger partial charge < -0.3 is 21.7 Å². The summed E-state index contributed by atoms with van der Waals surface area (Å²) in [4.78, 5) is 29.8. The van der Waals surface area contributed by atoms with Crippen LogP contribution >= 0.6 is 0 Å². The number of halogens is 3. The number of pyridine rings is 1. The Morgan fingerprint density at radius 1 is 1.21 bits per heavy atom. The molecule has 0 radical (unpaired) electrons. The molecule has 0 saturated carbocycles. The van der Waals surface area contributed by atoms with Gasteiger partial charge in [-0.25, -0.2) is 4.98 Å². The molecule has 1 aliphatic heterocycles. The monoisotopic (exact) mass is 475 g/mol. The number of carbonyl (C=O) groups excluding carboxylic acids is 2. The molecule has 1 aromatic carbocycles. The van der Waals surface area contributed by atoms with E-state index in [4.69, 9.17) is 5.73 Å². The van der Waals surface area contributed by atoms with E-state index in [0.29, 0.717) is 37.2 Å². The summed E-state index contributed by atoms with van der Waals surface area (Å²) in [6, 6.07) is 7.27. The fourth-order valence-corrected chi connectivity index (χ4v) is 4.70. The van der Waals surface area contributed by atoms with Crippen LogP contribution in [0.1, 0.15) is 60.5 Å². The summed E-state index contributed by atoms with van der Waals surface area (Å²) < 4.78 is 39.2. The zero-order valence-corrected chi connectivity index (χ0v) is 18.8. The second kappa shape index (κ2) is 9.61. The van der Waals surface area contributed by atoms with Gasteiger partial charge in [0, 0.05) is 5.69 Å². The Hall–Kier alpha value is -3.14. The fourth-order valence-electron chi connectivity index (χ4n) is 4.70. The summed E-state index contributed by atoms with van der Waals surface area (Å²) in [6.45, 7) is 2.10. The summed E-state index contributed by atoms with van der Waals surface area (Å²) in [5, 5.41) is 8.80. The molecule has 34 heavy (non-hydrogen) atoms. The van der Waals surface area contributed by atoms with Crippen molar-refractivity contribution in [1.82, 2.24) is 20.9 Å².